The maximum Gasteiger partial charge on any atom is 0.346 e. The number of rotatable bonds is 3. The average molecular weight is 261 g/mol. The quantitative estimate of drug-likeness (QED) is 0.828. The minimum Gasteiger partial charge on any atom is -0.477 e. The smallest absolute Gasteiger partial charge is 0.346 e. The van der Waals surface area contributed by atoms with E-state index in [0.717, 1.165) is 16.7 Å². The van der Waals surface area contributed by atoms with Crippen molar-refractivity contribution in [2.45, 2.75) is 19.9 Å². The molecule has 2 heterocycles. The van der Waals surface area contributed by atoms with Crippen molar-refractivity contribution < 1.29 is 9.90 Å². The number of nitrogens with one attached hydrogen (secondary N) is 1. The molecule has 1 atom stereocenters. The van der Waals surface area contributed by atoms with Crippen molar-refractivity contribution in [3.05, 3.63) is 16.8 Å². The molecule has 0 amide bonds. The Labute approximate surface area is 108 Å². The molecule has 0 aliphatic carbocycles. The van der Waals surface area contributed by atoms with Crippen LogP contribution in [0.25, 0.3) is 10.2 Å². The highest BCUT2D eigenvalue weighted by Crippen LogP contribution is 2.33. The number of hydrogen-bond acceptors (Lipinski definition) is 5. The second-order valence-corrected chi connectivity index (χ2v) is 4.80. The number of hydrogen-bond donors (Lipinski definition) is 2. The van der Waals surface area contributed by atoms with Crippen molar-refractivity contribution in [3.8, 4) is 12.3 Å². The molecule has 0 fully saturated rings. The molecule has 0 aliphatic heterocycles. The van der Waals surface area contributed by atoms with Gasteiger partial charge in [-0.15, -0.1) is 17.8 Å². The Hall–Kier alpha value is -2.13. The number of thiophene rings is 1. The Morgan fingerprint density at radius 1 is 1.61 bits per heavy atom. The third-order valence-corrected chi connectivity index (χ3v) is 3.71. The van der Waals surface area contributed by atoms with Crippen molar-refractivity contribution in [2.24, 2.45) is 0 Å². The summed E-state index contributed by atoms with van der Waals surface area (Å²) < 4.78 is 0. The number of carbonyl (C=O) groups is 1. The van der Waals surface area contributed by atoms with E-state index in [2.05, 4.69) is 21.2 Å². The summed E-state index contributed by atoms with van der Waals surface area (Å²) in [5.41, 5.74) is 0.662. The fourth-order valence-corrected chi connectivity index (χ4v) is 2.62. The maximum absolute atomic E-state index is 11.1. The van der Waals surface area contributed by atoms with Crippen molar-refractivity contribution in [1.29, 1.82) is 0 Å². The molecule has 6 heteroatoms. The molecule has 0 saturated heterocycles. The predicted molar refractivity (Wildman–Crippen MR) is 71.0 cm³/mol. The van der Waals surface area contributed by atoms with E-state index < -0.39 is 5.97 Å². The van der Waals surface area contributed by atoms with Gasteiger partial charge in [0.2, 0.25) is 0 Å². The number of aromatic nitrogens is 2. The summed E-state index contributed by atoms with van der Waals surface area (Å²) in [6, 6.07) is -0.185. The number of aryl methyl sites for hydroxylation is 1. The second-order valence-electron chi connectivity index (χ2n) is 3.80. The molecule has 1 unspecified atom stereocenters. The topological polar surface area (TPSA) is 75.1 Å². The molecule has 2 N–H and O–H groups in total. The summed E-state index contributed by atoms with van der Waals surface area (Å²) in [7, 11) is 0. The zero-order valence-electron chi connectivity index (χ0n) is 9.89. The summed E-state index contributed by atoms with van der Waals surface area (Å²) in [5, 5.41) is 12.9. The Morgan fingerprint density at radius 3 is 2.94 bits per heavy atom. The number of anilines is 1. The zero-order chi connectivity index (χ0) is 13.3. The molecule has 18 heavy (non-hydrogen) atoms. The van der Waals surface area contributed by atoms with Crippen LogP contribution < -0.4 is 5.32 Å². The Bertz CT molecular complexity index is 657. The van der Waals surface area contributed by atoms with Gasteiger partial charge in [0.15, 0.2) is 0 Å². The maximum atomic E-state index is 11.1. The summed E-state index contributed by atoms with van der Waals surface area (Å²) >= 11 is 1.14. The molecule has 0 aromatic carbocycles. The van der Waals surface area contributed by atoms with Crippen LogP contribution in [0, 0.1) is 19.3 Å². The van der Waals surface area contributed by atoms with Gasteiger partial charge in [-0.05, 0) is 19.4 Å². The summed E-state index contributed by atoms with van der Waals surface area (Å²) in [6.45, 7) is 3.57. The van der Waals surface area contributed by atoms with Gasteiger partial charge in [-0.2, -0.15) is 0 Å². The third kappa shape index (κ3) is 2.00. The fourth-order valence-electron chi connectivity index (χ4n) is 1.63. The van der Waals surface area contributed by atoms with Crippen LogP contribution in [0.2, 0.25) is 0 Å². The molecular formula is C12H11N3O2S. The van der Waals surface area contributed by atoms with Crippen LogP contribution in [0.1, 0.15) is 22.2 Å². The Balaban J connectivity index is 2.62. The van der Waals surface area contributed by atoms with E-state index in [0.29, 0.717) is 16.2 Å². The predicted octanol–water partition coefficient (Wildman–Crippen LogP) is 2.13. The molecule has 2 aromatic rings. The van der Waals surface area contributed by atoms with E-state index in [1.54, 1.807) is 6.92 Å². The largest absolute Gasteiger partial charge is 0.477 e. The number of carboxylic acids is 1. The van der Waals surface area contributed by atoms with Crippen LogP contribution in [-0.4, -0.2) is 27.1 Å². The van der Waals surface area contributed by atoms with Gasteiger partial charge < -0.3 is 10.4 Å². The highest BCUT2D eigenvalue weighted by Gasteiger charge is 2.18. The van der Waals surface area contributed by atoms with Crippen LogP contribution in [0.3, 0.4) is 0 Å². The minimum absolute atomic E-state index is 0.185. The van der Waals surface area contributed by atoms with E-state index in [1.807, 2.05) is 6.92 Å². The first kappa shape index (κ1) is 12.3. The third-order valence-electron chi connectivity index (χ3n) is 2.52. The molecule has 0 radical (unpaired) electrons. The summed E-state index contributed by atoms with van der Waals surface area (Å²) in [5.74, 6) is 2.17. The zero-order valence-corrected chi connectivity index (χ0v) is 10.7. The molecular weight excluding hydrogens is 250 g/mol. The van der Waals surface area contributed by atoms with E-state index >= 15 is 0 Å². The van der Waals surface area contributed by atoms with Crippen LogP contribution in [0.5, 0.6) is 0 Å². The van der Waals surface area contributed by atoms with Crippen LogP contribution in [0.15, 0.2) is 6.33 Å². The molecule has 0 saturated carbocycles. The molecule has 2 aromatic heterocycles. The normalized spacial score (nSPS) is 12.1. The number of carboxylic acid groups (broad SMARTS) is 1. The first-order valence-corrected chi connectivity index (χ1v) is 6.06. The lowest BCUT2D eigenvalue weighted by atomic mass is 10.2. The van der Waals surface area contributed by atoms with E-state index in [-0.39, 0.29) is 10.9 Å². The van der Waals surface area contributed by atoms with Crippen molar-refractivity contribution >= 4 is 33.3 Å². The minimum atomic E-state index is -0.952. The number of nitrogens with zero attached hydrogens (tertiary/aromatic N) is 2. The lowest BCUT2D eigenvalue weighted by Gasteiger charge is -2.09. The Morgan fingerprint density at radius 2 is 2.33 bits per heavy atom. The first-order valence-electron chi connectivity index (χ1n) is 5.24. The van der Waals surface area contributed by atoms with Crippen molar-refractivity contribution in [3.63, 3.8) is 0 Å². The molecule has 0 bridgehead atoms. The van der Waals surface area contributed by atoms with Crippen LogP contribution in [0.4, 0.5) is 5.82 Å². The summed E-state index contributed by atoms with van der Waals surface area (Å²) in [4.78, 5) is 20.2. The van der Waals surface area contributed by atoms with Crippen LogP contribution in [-0.2, 0) is 0 Å². The van der Waals surface area contributed by atoms with E-state index in [9.17, 15) is 4.79 Å². The van der Waals surface area contributed by atoms with Gasteiger partial charge in [-0.1, -0.05) is 5.92 Å². The average Bonchev–Trinajstić information content (AvgIpc) is 2.68. The van der Waals surface area contributed by atoms with Gasteiger partial charge in [-0.25, -0.2) is 14.8 Å². The number of aromatic carboxylic acids is 1. The number of terminal acetylenes is 1. The second kappa shape index (κ2) is 4.63. The fraction of sp³-hybridized carbons (Fsp3) is 0.250. The molecule has 0 spiro atoms. The SMILES string of the molecule is C#CC(C)Nc1ncnc2sc(C(=O)O)c(C)c12. The highest BCUT2D eigenvalue weighted by atomic mass is 32.1. The van der Waals surface area contributed by atoms with Crippen molar-refractivity contribution in [2.75, 3.05) is 5.32 Å². The lowest BCUT2D eigenvalue weighted by molar-refractivity contribution is 0.0701. The van der Waals surface area contributed by atoms with Gasteiger partial charge in [0.1, 0.15) is 21.9 Å². The van der Waals surface area contributed by atoms with Crippen LogP contribution >= 0.6 is 11.3 Å². The molecule has 5 nitrogen and oxygen atoms in total. The standard InChI is InChI=1S/C12H11N3O2S/c1-4-6(2)15-10-8-7(3)9(12(16)17)18-11(8)14-5-13-10/h1,5-6H,2-3H3,(H,16,17)(H,13,14,15). The number of fused-ring (bicyclic) bond motifs is 1. The lowest BCUT2D eigenvalue weighted by Crippen LogP contribution is -2.13. The van der Waals surface area contributed by atoms with E-state index in [4.69, 9.17) is 11.5 Å². The molecule has 92 valence electrons. The molecule has 0 aliphatic rings. The van der Waals surface area contributed by atoms with Gasteiger partial charge in [0, 0.05) is 0 Å². The van der Waals surface area contributed by atoms with Crippen molar-refractivity contribution in [1.82, 2.24) is 9.97 Å². The van der Waals surface area contributed by atoms with Gasteiger partial charge in [0.25, 0.3) is 0 Å². The van der Waals surface area contributed by atoms with E-state index in [1.165, 1.54) is 6.33 Å². The molecule has 2 rings (SSSR count). The monoisotopic (exact) mass is 261 g/mol. The van der Waals surface area contributed by atoms with Gasteiger partial charge >= 0.3 is 5.97 Å². The first-order chi connectivity index (χ1) is 8.54. The van der Waals surface area contributed by atoms with Gasteiger partial charge in [0.05, 0.1) is 11.4 Å². The summed E-state index contributed by atoms with van der Waals surface area (Å²) in [6.07, 6.45) is 6.71. The van der Waals surface area contributed by atoms with Gasteiger partial charge in [-0.3, -0.25) is 0 Å². The Kier molecular flexibility index (Phi) is 3.17. The highest BCUT2D eigenvalue weighted by molar-refractivity contribution is 7.20.